The molecule has 1 aromatic heterocycles. The number of hydrogen-bond acceptors (Lipinski definition) is 4. The normalized spacial score (nSPS) is 15.8. The summed E-state index contributed by atoms with van der Waals surface area (Å²) in [5.41, 5.74) is 9.64. The molecule has 1 atom stereocenters. The Bertz CT molecular complexity index is 984. The fraction of sp³-hybridized carbons (Fsp3) is 0.273. The van der Waals surface area contributed by atoms with Crippen LogP contribution in [-0.4, -0.2) is 10.9 Å². The number of nitrogen functional groups attached to an aromatic ring is 1. The number of anilines is 1. The van der Waals surface area contributed by atoms with Crippen molar-refractivity contribution in [2.24, 2.45) is 0 Å². The monoisotopic (exact) mass is 395 g/mol. The number of aromatic nitrogens is 1. The zero-order valence-electron chi connectivity index (χ0n) is 15.5. The van der Waals surface area contributed by atoms with Crippen molar-refractivity contribution in [3.05, 3.63) is 70.5 Å². The Morgan fingerprint density at radius 1 is 1.21 bits per heavy atom. The van der Waals surface area contributed by atoms with Gasteiger partial charge in [-0.3, -0.25) is 4.79 Å². The first-order chi connectivity index (χ1) is 13.6. The third-order valence-electron chi connectivity index (χ3n) is 5.05. The van der Waals surface area contributed by atoms with E-state index in [2.05, 4.69) is 5.32 Å². The summed E-state index contributed by atoms with van der Waals surface area (Å²) >= 11 is 1.59. The molecule has 28 heavy (non-hydrogen) atoms. The molecule has 1 aliphatic carbocycles. The minimum atomic E-state index is -0.255. The van der Waals surface area contributed by atoms with Gasteiger partial charge in [-0.15, -0.1) is 11.3 Å². The maximum absolute atomic E-state index is 13.2. The lowest BCUT2D eigenvalue weighted by molar-refractivity contribution is -0.121. The Morgan fingerprint density at radius 3 is 2.79 bits per heavy atom. The van der Waals surface area contributed by atoms with Crippen LogP contribution in [-0.2, 0) is 17.6 Å². The fourth-order valence-corrected chi connectivity index (χ4v) is 4.75. The van der Waals surface area contributed by atoms with Gasteiger partial charge in [0.15, 0.2) is 0 Å². The first-order valence-corrected chi connectivity index (χ1v) is 10.3. The molecule has 0 fully saturated rings. The molecule has 0 saturated heterocycles. The number of benzene rings is 2. The molecule has 0 radical (unpaired) electrons. The number of para-hydroxylation sites is 1. The molecule has 6 heteroatoms. The number of amides is 1. The topological polar surface area (TPSA) is 68.0 Å². The lowest BCUT2D eigenvalue weighted by Crippen LogP contribution is -2.30. The number of carbonyl (C=O) groups excluding carboxylic acids is 1. The Kier molecular flexibility index (Phi) is 5.39. The van der Waals surface area contributed by atoms with Crippen molar-refractivity contribution in [3.8, 4) is 10.6 Å². The highest BCUT2D eigenvalue weighted by molar-refractivity contribution is 7.15. The number of nitrogens with one attached hydrogen (secondary N) is 1. The van der Waals surface area contributed by atoms with E-state index >= 15 is 0 Å². The van der Waals surface area contributed by atoms with E-state index in [1.165, 1.54) is 12.1 Å². The predicted octanol–water partition coefficient (Wildman–Crippen LogP) is 4.66. The highest BCUT2D eigenvalue weighted by Crippen LogP contribution is 2.38. The number of carbonyl (C=O) groups is 1. The molecule has 0 bridgehead atoms. The molecule has 1 aliphatic rings. The first kappa shape index (κ1) is 18.6. The maximum atomic E-state index is 13.2. The molecule has 1 unspecified atom stereocenters. The van der Waals surface area contributed by atoms with Crippen LogP contribution in [0.1, 0.15) is 41.4 Å². The van der Waals surface area contributed by atoms with Gasteiger partial charge in [-0.2, -0.15) is 0 Å². The molecule has 3 aromatic rings. The van der Waals surface area contributed by atoms with Crippen molar-refractivity contribution in [1.29, 1.82) is 0 Å². The van der Waals surface area contributed by atoms with Gasteiger partial charge >= 0.3 is 0 Å². The van der Waals surface area contributed by atoms with Crippen LogP contribution in [0, 0.1) is 5.82 Å². The van der Waals surface area contributed by atoms with Crippen LogP contribution < -0.4 is 11.1 Å². The molecular formula is C22H22FN3OS. The van der Waals surface area contributed by atoms with Gasteiger partial charge in [0.1, 0.15) is 10.8 Å². The summed E-state index contributed by atoms with van der Waals surface area (Å²) < 4.78 is 13.2. The molecule has 144 valence electrons. The average molecular weight is 396 g/mol. The molecule has 4 rings (SSSR count). The summed E-state index contributed by atoms with van der Waals surface area (Å²) in [6, 6.07) is 14.0. The van der Waals surface area contributed by atoms with E-state index in [1.54, 1.807) is 23.5 Å². The number of aryl methyl sites for hydroxylation is 2. The molecular weight excluding hydrogens is 373 g/mol. The van der Waals surface area contributed by atoms with Gasteiger partial charge in [0.2, 0.25) is 5.91 Å². The van der Waals surface area contributed by atoms with E-state index in [4.69, 9.17) is 10.7 Å². The van der Waals surface area contributed by atoms with E-state index < -0.39 is 0 Å². The lowest BCUT2D eigenvalue weighted by Gasteiger charge is -2.22. The van der Waals surface area contributed by atoms with Crippen LogP contribution in [0.2, 0.25) is 0 Å². The van der Waals surface area contributed by atoms with Gasteiger partial charge in [-0.1, -0.05) is 18.2 Å². The van der Waals surface area contributed by atoms with Crippen molar-refractivity contribution in [1.82, 2.24) is 10.3 Å². The van der Waals surface area contributed by atoms with Crippen LogP contribution in [0.5, 0.6) is 0 Å². The van der Waals surface area contributed by atoms with Crippen LogP contribution in [0.15, 0.2) is 48.5 Å². The van der Waals surface area contributed by atoms with Gasteiger partial charge in [-0.25, -0.2) is 9.37 Å². The SMILES string of the molecule is Nc1ccccc1CCC(=O)NC1CCCc2nc(-c3ccc(F)cc3)sc21. The van der Waals surface area contributed by atoms with Crippen LogP contribution in [0.25, 0.3) is 10.6 Å². The minimum absolute atomic E-state index is 0.00364. The number of rotatable bonds is 5. The van der Waals surface area contributed by atoms with Crippen molar-refractivity contribution in [3.63, 3.8) is 0 Å². The molecule has 0 spiro atoms. The smallest absolute Gasteiger partial charge is 0.220 e. The largest absolute Gasteiger partial charge is 0.399 e. The van der Waals surface area contributed by atoms with Crippen LogP contribution in [0.3, 0.4) is 0 Å². The van der Waals surface area contributed by atoms with Gasteiger partial charge < -0.3 is 11.1 Å². The fourth-order valence-electron chi connectivity index (χ4n) is 3.55. The third-order valence-corrected chi connectivity index (χ3v) is 6.31. The summed E-state index contributed by atoms with van der Waals surface area (Å²) in [4.78, 5) is 18.4. The van der Waals surface area contributed by atoms with Gasteiger partial charge in [0.25, 0.3) is 0 Å². The molecule has 1 amide bonds. The lowest BCUT2D eigenvalue weighted by atomic mass is 9.97. The number of hydrogen-bond donors (Lipinski definition) is 2. The zero-order chi connectivity index (χ0) is 19.5. The molecule has 4 nitrogen and oxygen atoms in total. The van der Waals surface area contributed by atoms with Crippen molar-refractivity contribution in [2.45, 2.75) is 38.1 Å². The van der Waals surface area contributed by atoms with Crippen molar-refractivity contribution in [2.75, 3.05) is 5.73 Å². The summed E-state index contributed by atoms with van der Waals surface area (Å²) in [5.74, 6) is -0.230. The maximum Gasteiger partial charge on any atom is 0.220 e. The standard InChI is InChI=1S/C22H22FN3OS/c23-16-11-8-15(9-12-16)22-26-19-7-3-6-18(21(19)28-22)25-20(27)13-10-14-4-1-2-5-17(14)24/h1-2,4-5,8-9,11-12,18H,3,6-7,10,13,24H2,(H,25,27). The Balaban J connectivity index is 1.45. The highest BCUT2D eigenvalue weighted by Gasteiger charge is 2.26. The second kappa shape index (κ2) is 8.10. The van der Waals surface area contributed by atoms with Gasteiger partial charge in [0.05, 0.1) is 16.6 Å². The predicted molar refractivity (Wildman–Crippen MR) is 111 cm³/mol. The number of nitrogens with two attached hydrogens (primary N) is 1. The molecule has 3 N–H and O–H groups in total. The Hall–Kier alpha value is -2.73. The van der Waals surface area contributed by atoms with Crippen LogP contribution in [0.4, 0.5) is 10.1 Å². The van der Waals surface area contributed by atoms with Crippen LogP contribution >= 0.6 is 11.3 Å². The summed E-state index contributed by atoms with van der Waals surface area (Å²) in [6.07, 6.45) is 3.86. The number of halogens is 1. The minimum Gasteiger partial charge on any atom is -0.399 e. The number of fused-ring (bicyclic) bond motifs is 1. The van der Waals surface area contributed by atoms with E-state index in [1.807, 2.05) is 24.3 Å². The molecule has 0 saturated carbocycles. The quantitative estimate of drug-likeness (QED) is 0.618. The molecule has 0 aliphatic heterocycles. The number of nitrogens with zero attached hydrogens (tertiary/aromatic N) is 1. The summed E-state index contributed by atoms with van der Waals surface area (Å²) in [7, 11) is 0. The van der Waals surface area contributed by atoms with Gasteiger partial charge in [0, 0.05) is 17.7 Å². The second-order valence-corrected chi connectivity index (χ2v) is 8.08. The van der Waals surface area contributed by atoms with E-state index in [0.717, 1.165) is 51.7 Å². The summed E-state index contributed by atoms with van der Waals surface area (Å²) in [5, 5.41) is 4.05. The summed E-state index contributed by atoms with van der Waals surface area (Å²) in [6.45, 7) is 0. The zero-order valence-corrected chi connectivity index (χ0v) is 16.3. The Morgan fingerprint density at radius 2 is 2.00 bits per heavy atom. The Labute approximate surface area is 167 Å². The first-order valence-electron chi connectivity index (χ1n) is 9.48. The molecule has 1 heterocycles. The number of thiazole rings is 1. The third kappa shape index (κ3) is 4.07. The van der Waals surface area contributed by atoms with Crippen molar-refractivity contribution >= 4 is 22.9 Å². The second-order valence-electron chi connectivity index (χ2n) is 7.05. The molecule has 2 aromatic carbocycles. The van der Waals surface area contributed by atoms with E-state index in [0.29, 0.717) is 12.8 Å². The van der Waals surface area contributed by atoms with E-state index in [-0.39, 0.29) is 17.8 Å². The van der Waals surface area contributed by atoms with Crippen molar-refractivity contribution < 1.29 is 9.18 Å². The average Bonchev–Trinajstić information content (AvgIpc) is 3.13. The van der Waals surface area contributed by atoms with E-state index in [9.17, 15) is 9.18 Å². The highest BCUT2D eigenvalue weighted by atomic mass is 32.1. The van der Waals surface area contributed by atoms with Gasteiger partial charge in [-0.05, 0) is 61.6 Å².